The number of ether oxygens (including phenoxy) is 1. The lowest BCUT2D eigenvalue weighted by Gasteiger charge is -2.08. The van der Waals surface area contributed by atoms with Gasteiger partial charge in [-0.05, 0) is 6.92 Å². The van der Waals surface area contributed by atoms with Crippen LogP contribution in [0.3, 0.4) is 0 Å². The summed E-state index contributed by atoms with van der Waals surface area (Å²) in [5.74, 6) is 1.47. The molecule has 8 heteroatoms. The summed E-state index contributed by atoms with van der Waals surface area (Å²) in [6.07, 6.45) is 2.99. The summed E-state index contributed by atoms with van der Waals surface area (Å²) in [7, 11) is 1.89. The van der Waals surface area contributed by atoms with Crippen molar-refractivity contribution in [2.24, 2.45) is 7.05 Å². The van der Waals surface area contributed by atoms with Crippen molar-refractivity contribution in [1.29, 1.82) is 0 Å². The third kappa shape index (κ3) is 3.04. The van der Waals surface area contributed by atoms with Gasteiger partial charge in [0.2, 0.25) is 0 Å². The zero-order chi connectivity index (χ0) is 15.4. The molecule has 2 aromatic heterocycles. The maximum atomic E-state index is 11.8. The number of nitrogens with zero attached hydrogens (tertiary/aromatic N) is 5. The Morgan fingerprint density at radius 2 is 2.14 bits per heavy atom. The first kappa shape index (κ1) is 15.0. The van der Waals surface area contributed by atoms with Gasteiger partial charge in [-0.3, -0.25) is 0 Å². The van der Waals surface area contributed by atoms with Gasteiger partial charge in [0.1, 0.15) is 23.8 Å². The van der Waals surface area contributed by atoms with E-state index in [9.17, 15) is 4.79 Å². The Bertz CT molecular complexity index is 631. The fourth-order valence-electron chi connectivity index (χ4n) is 2.13. The molecule has 2 heterocycles. The van der Waals surface area contributed by atoms with Gasteiger partial charge in [-0.1, -0.05) is 6.92 Å². The Hall–Kier alpha value is -2.38. The summed E-state index contributed by atoms with van der Waals surface area (Å²) in [5.41, 5.74) is 6.23. The van der Waals surface area contributed by atoms with Crippen LogP contribution in [-0.4, -0.2) is 36.9 Å². The predicted molar refractivity (Wildman–Crippen MR) is 76.7 cm³/mol. The largest absolute Gasteiger partial charge is 0.461 e. The fourth-order valence-corrected chi connectivity index (χ4v) is 2.13. The van der Waals surface area contributed by atoms with Crippen LogP contribution >= 0.6 is 0 Å². The number of hydrogen-bond donors (Lipinski definition) is 1. The molecule has 0 aliphatic heterocycles. The minimum absolute atomic E-state index is 0.187. The van der Waals surface area contributed by atoms with Crippen LogP contribution in [0, 0.1) is 0 Å². The lowest BCUT2D eigenvalue weighted by atomic mass is 10.3. The number of aromatic nitrogens is 5. The number of imidazole rings is 1. The van der Waals surface area contributed by atoms with Crippen molar-refractivity contribution in [2.75, 3.05) is 12.3 Å². The second kappa shape index (κ2) is 6.38. The van der Waals surface area contributed by atoms with Crippen LogP contribution in [0.15, 0.2) is 6.33 Å². The number of carbonyl (C=O) groups excluding carboxylic acids is 1. The molecule has 0 atom stereocenters. The van der Waals surface area contributed by atoms with Crippen molar-refractivity contribution in [2.45, 2.75) is 33.2 Å². The molecule has 0 spiro atoms. The zero-order valence-electron chi connectivity index (χ0n) is 12.5. The summed E-state index contributed by atoms with van der Waals surface area (Å²) in [4.78, 5) is 16.1. The highest BCUT2D eigenvalue weighted by Gasteiger charge is 2.20. The van der Waals surface area contributed by atoms with Crippen LogP contribution in [0.5, 0.6) is 0 Å². The van der Waals surface area contributed by atoms with Gasteiger partial charge in [-0.25, -0.2) is 9.78 Å². The van der Waals surface area contributed by atoms with Crippen LogP contribution < -0.4 is 5.73 Å². The lowest BCUT2D eigenvalue weighted by molar-refractivity contribution is 0.0521. The van der Waals surface area contributed by atoms with Crippen molar-refractivity contribution in [3.63, 3.8) is 0 Å². The second-order valence-electron chi connectivity index (χ2n) is 4.60. The molecule has 0 aromatic carbocycles. The van der Waals surface area contributed by atoms with Gasteiger partial charge >= 0.3 is 5.97 Å². The normalized spacial score (nSPS) is 10.8. The molecule has 0 fully saturated rings. The van der Waals surface area contributed by atoms with E-state index in [-0.39, 0.29) is 5.69 Å². The Balaban J connectivity index is 2.22. The van der Waals surface area contributed by atoms with Crippen molar-refractivity contribution < 1.29 is 9.53 Å². The van der Waals surface area contributed by atoms with Gasteiger partial charge in [0, 0.05) is 26.4 Å². The lowest BCUT2D eigenvalue weighted by Crippen LogP contribution is -2.12. The monoisotopic (exact) mass is 292 g/mol. The highest BCUT2D eigenvalue weighted by molar-refractivity contribution is 5.92. The van der Waals surface area contributed by atoms with Gasteiger partial charge in [-0.15, -0.1) is 10.2 Å². The number of aryl methyl sites for hydroxylation is 3. The Labute approximate surface area is 122 Å². The highest BCUT2D eigenvalue weighted by Crippen LogP contribution is 2.17. The van der Waals surface area contributed by atoms with Gasteiger partial charge in [-0.2, -0.15) is 0 Å². The van der Waals surface area contributed by atoms with E-state index in [0.29, 0.717) is 31.8 Å². The minimum atomic E-state index is -0.484. The molecule has 0 aliphatic rings. The number of nitrogens with two attached hydrogens (primary N) is 1. The Kier molecular flexibility index (Phi) is 4.56. The molecule has 2 aromatic rings. The SMILES string of the molecule is CCOC(=O)c1nc(CC)n(CCc2nncn2C)c1N. The van der Waals surface area contributed by atoms with Crippen molar-refractivity contribution in [1.82, 2.24) is 24.3 Å². The molecule has 0 saturated heterocycles. The number of anilines is 1. The summed E-state index contributed by atoms with van der Waals surface area (Å²) in [5, 5.41) is 7.87. The first-order chi connectivity index (χ1) is 10.1. The van der Waals surface area contributed by atoms with E-state index in [2.05, 4.69) is 15.2 Å². The van der Waals surface area contributed by atoms with Crippen LogP contribution in [0.4, 0.5) is 5.82 Å². The summed E-state index contributed by atoms with van der Waals surface area (Å²) >= 11 is 0. The van der Waals surface area contributed by atoms with Crippen LogP contribution in [-0.2, 0) is 31.2 Å². The molecule has 0 saturated carbocycles. The average Bonchev–Trinajstić information content (AvgIpc) is 3.00. The van der Waals surface area contributed by atoms with Gasteiger partial charge in [0.05, 0.1) is 6.61 Å². The molecule has 0 aliphatic carbocycles. The van der Waals surface area contributed by atoms with E-state index in [1.54, 1.807) is 13.3 Å². The molecule has 0 unspecified atom stereocenters. The van der Waals surface area contributed by atoms with Gasteiger partial charge < -0.3 is 19.6 Å². The molecule has 0 bridgehead atoms. The first-order valence-electron chi connectivity index (χ1n) is 6.93. The van der Waals surface area contributed by atoms with Crippen LogP contribution in [0.25, 0.3) is 0 Å². The second-order valence-corrected chi connectivity index (χ2v) is 4.60. The molecule has 2 N–H and O–H groups in total. The van der Waals surface area contributed by atoms with Crippen molar-refractivity contribution in [3.05, 3.63) is 23.7 Å². The van der Waals surface area contributed by atoms with E-state index in [1.807, 2.05) is 23.1 Å². The van der Waals surface area contributed by atoms with Gasteiger partial charge in [0.25, 0.3) is 0 Å². The number of nitrogen functional groups attached to an aromatic ring is 1. The summed E-state index contributed by atoms with van der Waals surface area (Å²) in [6, 6.07) is 0. The molecule has 21 heavy (non-hydrogen) atoms. The minimum Gasteiger partial charge on any atom is -0.461 e. The molecule has 114 valence electrons. The molecule has 2 rings (SSSR count). The van der Waals surface area contributed by atoms with Crippen molar-refractivity contribution in [3.8, 4) is 0 Å². The van der Waals surface area contributed by atoms with E-state index in [4.69, 9.17) is 10.5 Å². The number of esters is 1. The molecule has 8 nitrogen and oxygen atoms in total. The number of hydrogen-bond acceptors (Lipinski definition) is 6. The smallest absolute Gasteiger partial charge is 0.360 e. The standard InChI is InChI=1S/C13H20N6O2/c1-4-9-16-11(13(20)21-5-2)12(14)19(9)7-6-10-17-15-8-18(10)3/h8H,4-7,14H2,1-3H3. The van der Waals surface area contributed by atoms with E-state index >= 15 is 0 Å². The third-order valence-corrected chi connectivity index (χ3v) is 3.24. The number of carbonyl (C=O) groups is 1. The average molecular weight is 292 g/mol. The van der Waals surface area contributed by atoms with E-state index < -0.39 is 5.97 Å². The molecular weight excluding hydrogens is 272 g/mol. The summed E-state index contributed by atoms with van der Waals surface area (Å²) in [6.45, 7) is 4.61. The quantitative estimate of drug-likeness (QED) is 0.781. The van der Waals surface area contributed by atoms with E-state index in [1.165, 1.54) is 0 Å². The maximum Gasteiger partial charge on any atom is 0.360 e. The topological polar surface area (TPSA) is 101 Å². The molecular formula is C13H20N6O2. The molecule has 0 radical (unpaired) electrons. The van der Waals surface area contributed by atoms with E-state index in [0.717, 1.165) is 11.6 Å². The van der Waals surface area contributed by atoms with Gasteiger partial charge in [0.15, 0.2) is 5.69 Å². The molecule has 0 amide bonds. The predicted octanol–water partition coefficient (Wildman–Crippen LogP) is 0.576. The fraction of sp³-hybridized carbons (Fsp3) is 0.538. The highest BCUT2D eigenvalue weighted by atomic mass is 16.5. The first-order valence-corrected chi connectivity index (χ1v) is 6.93. The maximum absolute atomic E-state index is 11.8. The number of rotatable bonds is 6. The summed E-state index contributed by atoms with van der Waals surface area (Å²) < 4.78 is 8.66. The zero-order valence-corrected chi connectivity index (χ0v) is 12.5. The Morgan fingerprint density at radius 3 is 2.71 bits per heavy atom. The van der Waals surface area contributed by atoms with Crippen molar-refractivity contribution >= 4 is 11.8 Å². The Morgan fingerprint density at radius 1 is 1.38 bits per heavy atom. The van der Waals surface area contributed by atoms with Crippen LogP contribution in [0.2, 0.25) is 0 Å². The third-order valence-electron chi connectivity index (χ3n) is 3.24. The van der Waals surface area contributed by atoms with Crippen LogP contribution in [0.1, 0.15) is 36.0 Å².